The molecule has 0 aliphatic rings. The summed E-state index contributed by atoms with van der Waals surface area (Å²) in [6.07, 6.45) is 0.418. The summed E-state index contributed by atoms with van der Waals surface area (Å²) in [6.45, 7) is 6.42. The third-order valence-corrected chi connectivity index (χ3v) is 5.46. The summed E-state index contributed by atoms with van der Waals surface area (Å²) in [5, 5.41) is 0. The third kappa shape index (κ3) is 4.35. The van der Waals surface area contributed by atoms with Crippen LogP contribution < -0.4 is 10.5 Å². The minimum atomic E-state index is -3.51. The molecule has 7 heteroatoms. The standard InChI is InChI=1S/C19H22N2O4S/c1-19(2,3)14-6-4-13(5-7-14)10-11-26(23,24)21-15-8-9-16-17(12-15)25-18(22)20-16/h4-9,12,21H,10-11H2,1-3H3,(H,20,22). The average Bonchev–Trinajstić information content (AvgIpc) is 2.91. The molecule has 0 aliphatic carbocycles. The first-order chi connectivity index (χ1) is 12.1. The van der Waals surface area contributed by atoms with Crippen molar-refractivity contribution in [3.8, 4) is 0 Å². The van der Waals surface area contributed by atoms with Crippen LogP contribution >= 0.6 is 0 Å². The van der Waals surface area contributed by atoms with Crippen molar-refractivity contribution in [1.29, 1.82) is 0 Å². The molecule has 1 heterocycles. The number of sulfonamides is 1. The van der Waals surface area contributed by atoms with Crippen LogP contribution in [-0.2, 0) is 21.9 Å². The number of anilines is 1. The average molecular weight is 374 g/mol. The van der Waals surface area contributed by atoms with Crippen molar-refractivity contribution in [1.82, 2.24) is 4.98 Å². The second-order valence-corrected chi connectivity index (χ2v) is 9.19. The fourth-order valence-electron chi connectivity index (χ4n) is 2.66. The van der Waals surface area contributed by atoms with Gasteiger partial charge in [-0.3, -0.25) is 9.71 Å². The van der Waals surface area contributed by atoms with E-state index in [1.165, 1.54) is 11.6 Å². The number of H-pyrrole nitrogens is 1. The Bertz CT molecular complexity index is 1070. The third-order valence-electron chi connectivity index (χ3n) is 4.17. The summed E-state index contributed by atoms with van der Waals surface area (Å²) in [7, 11) is -3.51. The predicted octanol–water partition coefficient (Wildman–Crippen LogP) is 3.40. The highest BCUT2D eigenvalue weighted by Crippen LogP contribution is 2.22. The molecule has 1 aromatic heterocycles. The van der Waals surface area contributed by atoms with Crippen molar-refractivity contribution in [3.05, 3.63) is 64.1 Å². The SMILES string of the molecule is CC(C)(C)c1ccc(CCS(=O)(=O)Nc2ccc3[nH]c(=O)oc3c2)cc1. The van der Waals surface area contributed by atoms with E-state index in [2.05, 4.69) is 30.5 Å². The molecule has 0 radical (unpaired) electrons. The van der Waals surface area contributed by atoms with Crippen LogP contribution in [0.15, 0.2) is 51.7 Å². The van der Waals surface area contributed by atoms with E-state index >= 15 is 0 Å². The van der Waals surface area contributed by atoms with Gasteiger partial charge in [0.2, 0.25) is 10.0 Å². The first kappa shape index (κ1) is 18.3. The number of benzene rings is 2. The van der Waals surface area contributed by atoms with Gasteiger partial charge in [-0.2, -0.15) is 0 Å². The molecule has 138 valence electrons. The Kier molecular flexibility index (Phi) is 4.66. The number of nitrogens with one attached hydrogen (secondary N) is 2. The van der Waals surface area contributed by atoms with Crippen LogP contribution in [0.3, 0.4) is 0 Å². The maximum atomic E-state index is 12.3. The van der Waals surface area contributed by atoms with Gasteiger partial charge in [-0.1, -0.05) is 45.0 Å². The minimum Gasteiger partial charge on any atom is -0.408 e. The van der Waals surface area contributed by atoms with E-state index in [1.807, 2.05) is 24.3 Å². The van der Waals surface area contributed by atoms with Crippen LogP contribution in [0.4, 0.5) is 5.69 Å². The number of fused-ring (bicyclic) bond motifs is 1. The molecule has 0 spiro atoms. The lowest BCUT2D eigenvalue weighted by atomic mass is 9.86. The van der Waals surface area contributed by atoms with Gasteiger partial charge in [-0.15, -0.1) is 0 Å². The second kappa shape index (κ2) is 6.64. The van der Waals surface area contributed by atoms with E-state index in [9.17, 15) is 13.2 Å². The lowest BCUT2D eigenvalue weighted by molar-refractivity contribution is 0.555. The zero-order chi connectivity index (χ0) is 18.9. The topological polar surface area (TPSA) is 92.2 Å². The van der Waals surface area contributed by atoms with E-state index in [0.29, 0.717) is 23.2 Å². The number of aromatic nitrogens is 1. The van der Waals surface area contributed by atoms with Gasteiger partial charge in [0, 0.05) is 6.07 Å². The van der Waals surface area contributed by atoms with Crippen LogP contribution in [0, 0.1) is 0 Å². The summed E-state index contributed by atoms with van der Waals surface area (Å²) >= 11 is 0. The quantitative estimate of drug-likeness (QED) is 0.716. The normalized spacial score (nSPS) is 12.4. The highest BCUT2D eigenvalue weighted by Gasteiger charge is 2.15. The van der Waals surface area contributed by atoms with Gasteiger partial charge in [0.15, 0.2) is 5.58 Å². The first-order valence-corrected chi connectivity index (χ1v) is 10.0. The Hall–Kier alpha value is -2.54. The van der Waals surface area contributed by atoms with Crippen molar-refractivity contribution < 1.29 is 12.8 Å². The monoisotopic (exact) mass is 374 g/mol. The van der Waals surface area contributed by atoms with Crippen LogP contribution in [0.5, 0.6) is 0 Å². The molecule has 0 saturated carbocycles. The molecular formula is C19H22N2O4S. The molecule has 0 saturated heterocycles. The molecule has 2 aromatic carbocycles. The summed E-state index contributed by atoms with van der Waals surface area (Å²) in [4.78, 5) is 13.7. The molecule has 0 fully saturated rings. The number of hydrogen-bond donors (Lipinski definition) is 2. The highest BCUT2D eigenvalue weighted by atomic mass is 32.2. The van der Waals surface area contributed by atoms with Crippen molar-refractivity contribution in [2.45, 2.75) is 32.6 Å². The molecule has 26 heavy (non-hydrogen) atoms. The van der Waals surface area contributed by atoms with Crippen LogP contribution in [0.2, 0.25) is 0 Å². The molecule has 0 aliphatic heterocycles. The van der Waals surface area contributed by atoms with E-state index in [-0.39, 0.29) is 11.2 Å². The molecule has 2 N–H and O–H groups in total. The van der Waals surface area contributed by atoms with Crippen molar-refractivity contribution in [2.24, 2.45) is 0 Å². The van der Waals surface area contributed by atoms with Crippen molar-refractivity contribution >= 4 is 26.8 Å². The lowest BCUT2D eigenvalue weighted by Gasteiger charge is -2.19. The molecule has 0 atom stereocenters. The Morgan fingerprint density at radius 1 is 1.08 bits per heavy atom. The number of rotatable bonds is 5. The maximum Gasteiger partial charge on any atom is 0.417 e. The smallest absolute Gasteiger partial charge is 0.408 e. The van der Waals surface area contributed by atoms with E-state index in [0.717, 1.165) is 5.56 Å². The first-order valence-electron chi connectivity index (χ1n) is 8.35. The summed E-state index contributed by atoms with van der Waals surface area (Å²) < 4.78 is 32.1. The number of oxazole rings is 1. The Labute approximate surface area is 152 Å². The summed E-state index contributed by atoms with van der Waals surface area (Å²) in [5.74, 6) is -0.601. The van der Waals surface area contributed by atoms with Gasteiger partial charge in [0.25, 0.3) is 0 Å². The number of aryl methyl sites for hydroxylation is 1. The van der Waals surface area contributed by atoms with Gasteiger partial charge in [-0.05, 0) is 35.1 Å². The fourth-order valence-corrected chi connectivity index (χ4v) is 3.76. The van der Waals surface area contributed by atoms with Crippen LogP contribution in [-0.4, -0.2) is 19.2 Å². The van der Waals surface area contributed by atoms with Crippen molar-refractivity contribution in [2.75, 3.05) is 10.5 Å². The van der Waals surface area contributed by atoms with E-state index < -0.39 is 15.8 Å². The molecule has 0 unspecified atom stereocenters. The Morgan fingerprint density at radius 2 is 1.77 bits per heavy atom. The van der Waals surface area contributed by atoms with E-state index in [4.69, 9.17) is 4.42 Å². The van der Waals surface area contributed by atoms with E-state index in [1.54, 1.807) is 12.1 Å². The number of hydrogen-bond acceptors (Lipinski definition) is 4. The molecule has 3 rings (SSSR count). The van der Waals surface area contributed by atoms with Crippen molar-refractivity contribution in [3.63, 3.8) is 0 Å². The van der Waals surface area contributed by atoms with Gasteiger partial charge in [0.1, 0.15) is 0 Å². The Morgan fingerprint density at radius 3 is 2.42 bits per heavy atom. The highest BCUT2D eigenvalue weighted by molar-refractivity contribution is 7.92. The maximum absolute atomic E-state index is 12.3. The zero-order valence-corrected chi connectivity index (χ0v) is 15.8. The van der Waals surface area contributed by atoms with Gasteiger partial charge in [0.05, 0.1) is 17.0 Å². The summed E-state index contributed by atoms with van der Waals surface area (Å²) in [5.41, 5.74) is 3.45. The zero-order valence-electron chi connectivity index (χ0n) is 15.0. The molecule has 0 bridgehead atoms. The van der Waals surface area contributed by atoms with Gasteiger partial charge < -0.3 is 4.42 Å². The Balaban J connectivity index is 1.67. The lowest BCUT2D eigenvalue weighted by Crippen LogP contribution is -2.18. The summed E-state index contributed by atoms with van der Waals surface area (Å²) in [6, 6.07) is 12.7. The minimum absolute atomic E-state index is 0.0308. The molecule has 6 nitrogen and oxygen atoms in total. The van der Waals surface area contributed by atoms with Crippen LogP contribution in [0.25, 0.3) is 11.1 Å². The van der Waals surface area contributed by atoms with Crippen LogP contribution in [0.1, 0.15) is 31.9 Å². The molecular weight excluding hydrogens is 352 g/mol. The van der Waals surface area contributed by atoms with Gasteiger partial charge in [-0.25, -0.2) is 13.2 Å². The fraction of sp³-hybridized carbons (Fsp3) is 0.316. The predicted molar refractivity (Wildman–Crippen MR) is 103 cm³/mol. The molecule has 0 amide bonds. The molecule has 3 aromatic rings. The largest absolute Gasteiger partial charge is 0.417 e. The second-order valence-electron chi connectivity index (χ2n) is 7.34. The number of aromatic amines is 1. The van der Waals surface area contributed by atoms with Gasteiger partial charge >= 0.3 is 5.76 Å².